The molecule has 74 valence electrons. The van der Waals surface area contributed by atoms with Crippen LogP contribution in [0.3, 0.4) is 0 Å². The van der Waals surface area contributed by atoms with Gasteiger partial charge in [-0.25, -0.2) is 4.79 Å². The average Bonchev–Trinajstić information content (AvgIpc) is 2.18. The Bertz CT molecular complexity index is 335. The first kappa shape index (κ1) is 11.9. The zero-order valence-electron chi connectivity index (χ0n) is 6.94. The summed E-state index contributed by atoms with van der Waals surface area (Å²) in [6.07, 6.45) is 0. The van der Waals surface area contributed by atoms with Crippen LogP contribution < -0.4 is 4.74 Å². The first-order valence-electron chi connectivity index (χ1n) is 3.70. The van der Waals surface area contributed by atoms with Crippen LogP contribution in [0.4, 0.5) is 0 Å². The summed E-state index contributed by atoms with van der Waals surface area (Å²) in [4.78, 5) is 22.3. The molecule has 0 aromatic heterocycles. The van der Waals surface area contributed by atoms with Gasteiger partial charge in [0.25, 0.3) is 5.78 Å². The van der Waals surface area contributed by atoms with Gasteiger partial charge in [0.2, 0.25) is 0 Å². The fourth-order valence-corrected chi connectivity index (χ4v) is 1.24. The summed E-state index contributed by atoms with van der Waals surface area (Å²) < 4.78 is 4.45. The Kier molecular flexibility index (Phi) is 4.79. The lowest BCUT2D eigenvalue weighted by Gasteiger charge is -2.02. The molecule has 0 saturated heterocycles. The minimum absolute atomic E-state index is 0.388. The maximum Gasteiger partial charge on any atom is 0.381 e. The molecule has 1 aromatic rings. The molecule has 0 aliphatic heterocycles. The van der Waals surface area contributed by atoms with Gasteiger partial charge in [-0.15, -0.1) is 0 Å². The second-order valence-electron chi connectivity index (χ2n) is 2.37. The number of hydrogen-bond acceptors (Lipinski definition) is 3. The summed E-state index contributed by atoms with van der Waals surface area (Å²) in [5.74, 6) is -0.959. The highest BCUT2D eigenvalue weighted by molar-refractivity contribution is 14.2. The fraction of sp³-hybridized carbons (Fsp3) is 0.111. The molecule has 0 spiro atoms. The van der Waals surface area contributed by atoms with Gasteiger partial charge in [-0.1, -0.05) is 63.4 Å². The molecule has 1 rings (SSSR count). The quantitative estimate of drug-likeness (QED) is 0.250. The molecule has 0 heterocycles. The molecule has 1 aromatic carbocycles. The van der Waals surface area contributed by atoms with Gasteiger partial charge in [0.1, 0.15) is 7.68 Å². The Labute approximate surface area is 108 Å². The summed E-state index contributed by atoms with van der Waals surface area (Å²) in [6.45, 7) is 0. The van der Waals surface area contributed by atoms with Gasteiger partial charge in [-0.3, -0.25) is 4.79 Å². The summed E-state index contributed by atoms with van der Waals surface area (Å²) in [6, 6.07) is 8.52. The average molecular weight is 416 g/mol. The van der Waals surface area contributed by atoms with Gasteiger partial charge < -0.3 is 4.74 Å². The third kappa shape index (κ3) is 3.52. The van der Waals surface area contributed by atoms with Crippen molar-refractivity contribution in [3.63, 3.8) is 0 Å². The zero-order valence-corrected chi connectivity index (χ0v) is 11.3. The highest BCUT2D eigenvalue weighted by Gasteiger charge is 2.22. The van der Waals surface area contributed by atoms with Crippen molar-refractivity contribution in [3.05, 3.63) is 30.3 Å². The number of halogens is 2. The monoisotopic (exact) mass is 416 g/mol. The van der Waals surface area contributed by atoms with Crippen LogP contribution in [0.15, 0.2) is 30.3 Å². The molecular formula is C9H6I2O3. The van der Waals surface area contributed by atoms with Crippen molar-refractivity contribution in [2.45, 2.75) is 1.93 Å². The van der Waals surface area contributed by atoms with Gasteiger partial charge >= 0.3 is 5.97 Å². The van der Waals surface area contributed by atoms with Crippen LogP contribution in [-0.4, -0.2) is 13.7 Å². The molecule has 0 saturated carbocycles. The second-order valence-corrected chi connectivity index (χ2v) is 7.24. The maximum absolute atomic E-state index is 11.2. The van der Waals surface area contributed by atoms with Gasteiger partial charge in [-0.05, 0) is 12.1 Å². The molecule has 0 aliphatic rings. The van der Waals surface area contributed by atoms with Crippen LogP contribution in [-0.2, 0) is 9.59 Å². The predicted molar refractivity (Wildman–Crippen MR) is 68.9 cm³/mol. The maximum atomic E-state index is 11.2. The number of ketones is 1. The smallest absolute Gasteiger partial charge is 0.381 e. The largest absolute Gasteiger partial charge is 0.421 e. The van der Waals surface area contributed by atoms with Crippen LogP contribution in [0.5, 0.6) is 5.75 Å². The molecule has 0 N–H and O–H groups in total. The van der Waals surface area contributed by atoms with Crippen LogP contribution in [0.25, 0.3) is 0 Å². The van der Waals surface area contributed by atoms with Crippen molar-refractivity contribution in [2.24, 2.45) is 0 Å². The van der Waals surface area contributed by atoms with Gasteiger partial charge in [0.05, 0.1) is 0 Å². The third-order valence-corrected chi connectivity index (χ3v) is 2.48. The minimum Gasteiger partial charge on any atom is -0.421 e. The van der Waals surface area contributed by atoms with Crippen molar-refractivity contribution in [1.82, 2.24) is 0 Å². The van der Waals surface area contributed by atoms with E-state index in [1.807, 2.05) is 45.2 Å². The lowest BCUT2D eigenvalue weighted by atomic mass is 10.3. The minimum atomic E-state index is -0.815. The third-order valence-electron chi connectivity index (χ3n) is 1.35. The molecule has 0 aliphatic carbocycles. The summed E-state index contributed by atoms with van der Waals surface area (Å²) >= 11 is 3.73. The number of carbonyl (C=O) groups is 2. The molecule has 5 heteroatoms. The lowest BCUT2D eigenvalue weighted by molar-refractivity contribution is -0.145. The molecule has 0 radical (unpaired) electrons. The molecule has 14 heavy (non-hydrogen) atoms. The molecule has 0 amide bonds. The molecule has 0 unspecified atom stereocenters. The number of ether oxygens (including phenoxy) is 1. The normalized spacial score (nSPS) is 9.93. The Hall–Kier alpha value is -0.180. The second kappa shape index (κ2) is 5.64. The van der Waals surface area contributed by atoms with Gasteiger partial charge in [-0.2, -0.15) is 0 Å². The molecule has 0 bridgehead atoms. The lowest BCUT2D eigenvalue weighted by Crippen LogP contribution is -2.24. The number of benzene rings is 1. The molecule has 0 atom stereocenters. The van der Waals surface area contributed by atoms with Crippen LogP contribution in [0.2, 0.25) is 0 Å². The number of carbonyl (C=O) groups excluding carboxylic acids is 2. The number of Topliss-reactive ketones (excluding diaryl/α,β-unsaturated/α-hetero) is 1. The zero-order chi connectivity index (χ0) is 10.6. The molecule has 0 fully saturated rings. The highest BCUT2D eigenvalue weighted by atomic mass is 127. The van der Waals surface area contributed by atoms with E-state index in [0.717, 1.165) is 0 Å². The highest BCUT2D eigenvalue weighted by Crippen LogP contribution is 2.14. The Morgan fingerprint density at radius 1 is 1.14 bits per heavy atom. The number of esters is 1. The first-order chi connectivity index (χ1) is 6.61. The number of alkyl halides is 2. The van der Waals surface area contributed by atoms with Crippen molar-refractivity contribution < 1.29 is 14.3 Å². The van der Waals surface area contributed by atoms with Crippen molar-refractivity contribution in [1.29, 1.82) is 0 Å². The SMILES string of the molecule is O=C(Oc1ccccc1)C(=O)C(I)I. The molecular weight excluding hydrogens is 410 g/mol. The van der Waals surface area contributed by atoms with E-state index in [9.17, 15) is 9.59 Å². The van der Waals surface area contributed by atoms with Crippen molar-refractivity contribution >= 4 is 56.9 Å². The van der Waals surface area contributed by atoms with Crippen LogP contribution in [0, 0.1) is 0 Å². The Morgan fingerprint density at radius 3 is 2.21 bits per heavy atom. The van der Waals surface area contributed by atoms with Crippen molar-refractivity contribution in [2.75, 3.05) is 0 Å². The summed E-state index contributed by atoms with van der Waals surface area (Å²) in [5, 5.41) is 0. The Balaban J connectivity index is 2.63. The van der Waals surface area contributed by atoms with E-state index in [0.29, 0.717) is 5.75 Å². The first-order valence-corrected chi connectivity index (χ1v) is 6.19. The summed E-state index contributed by atoms with van der Waals surface area (Å²) in [5.41, 5.74) is 0. The number of para-hydroxylation sites is 1. The predicted octanol–water partition coefficient (Wildman–Crippen LogP) is 2.36. The Morgan fingerprint density at radius 2 is 1.71 bits per heavy atom. The number of rotatable bonds is 3. The van der Waals surface area contributed by atoms with E-state index >= 15 is 0 Å². The standard InChI is InChI=1S/C9H6I2O3/c10-8(11)7(12)9(13)14-6-4-2-1-3-5-6/h1-5,8H. The summed E-state index contributed by atoms with van der Waals surface area (Å²) in [7, 11) is 0. The van der Waals surface area contributed by atoms with Gasteiger partial charge in [0, 0.05) is 0 Å². The van der Waals surface area contributed by atoms with E-state index in [1.165, 1.54) is 0 Å². The molecule has 3 nitrogen and oxygen atoms in total. The van der Waals surface area contributed by atoms with E-state index in [4.69, 9.17) is 4.74 Å². The van der Waals surface area contributed by atoms with Crippen molar-refractivity contribution in [3.8, 4) is 5.75 Å². The fourth-order valence-electron chi connectivity index (χ4n) is 0.735. The topological polar surface area (TPSA) is 43.4 Å². The van der Waals surface area contributed by atoms with Crippen LogP contribution >= 0.6 is 45.2 Å². The van der Waals surface area contributed by atoms with Crippen LogP contribution in [0.1, 0.15) is 0 Å². The van der Waals surface area contributed by atoms with E-state index in [2.05, 4.69) is 0 Å². The van der Waals surface area contributed by atoms with E-state index in [-0.39, 0.29) is 1.93 Å². The number of hydrogen-bond donors (Lipinski definition) is 0. The van der Waals surface area contributed by atoms with E-state index in [1.54, 1.807) is 30.3 Å². The van der Waals surface area contributed by atoms with E-state index < -0.39 is 11.8 Å². The van der Waals surface area contributed by atoms with Gasteiger partial charge in [0.15, 0.2) is 0 Å².